The summed E-state index contributed by atoms with van der Waals surface area (Å²) in [6.07, 6.45) is 0.753. The highest BCUT2D eigenvalue weighted by Gasteiger charge is 2.16. The molecule has 2 N–H and O–H groups in total. The van der Waals surface area contributed by atoms with Gasteiger partial charge in [-0.3, -0.25) is 0 Å². The molecule has 1 heterocycles. The molecule has 0 bridgehead atoms. The number of methoxy groups -OCH3 is 1. The molecule has 21 heavy (non-hydrogen) atoms. The Labute approximate surface area is 124 Å². The second-order valence-electron chi connectivity index (χ2n) is 5.42. The molecule has 0 aliphatic carbocycles. The van der Waals surface area contributed by atoms with Crippen LogP contribution in [-0.2, 0) is 13.0 Å². The first-order valence-electron chi connectivity index (χ1n) is 6.93. The smallest absolute Gasteiger partial charge is 0.140 e. The molecule has 0 radical (unpaired) electrons. The summed E-state index contributed by atoms with van der Waals surface area (Å²) in [6, 6.07) is 9.89. The zero-order valence-corrected chi connectivity index (χ0v) is 12.6. The molecular formula is C16H20N4O. The lowest BCUT2D eigenvalue weighted by atomic mass is 10.1. The van der Waals surface area contributed by atoms with Gasteiger partial charge < -0.3 is 10.5 Å². The zero-order chi connectivity index (χ0) is 15.4. The molecule has 0 saturated carbocycles. The SMILES string of the molecule is COc1ccc(Cn2nc(CC(C)C)c(C#N)c2N)cc1. The van der Waals surface area contributed by atoms with Gasteiger partial charge in [-0.2, -0.15) is 10.4 Å². The third-order valence-electron chi connectivity index (χ3n) is 3.27. The lowest BCUT2D eigenvalue weighted by molar-refractivity contribution is 0.414. The maximum Gasteiger partial charge on any atom is 0.140 e. The number of ether oxygens (including phenoxy) is 1. The monoisotopic (exact) mass is 284 g/mol. The average Bonchev–Trinajstić information content (AvgIpc) is 2.74. The zero-order valence-electron chi connectivity index (χ0n) is 12.6. The number of benzene rings is 1. The van der Waals surface area contributed by atoms with Gasteiger partial charge in [0.25, 0.3) is 0 Å². The maximum atomic E-state index is 9.26. The first-order valence-corrected chi connectivity index (χ1v) is 6.93. The van der Waals surface area contributed by atoms with E-state index in [0.717, 1.165) is 23.4 Å². The van der Waals surface area contributed by atoms with Crippen LogP contribution in [0.15, 0.2) is 24.3 Å². The van der Waals surface area contributed by atoms with Crippen LogP contribution < -0.4 is 10.5 Å². The molecule has 5 heteroatoms. The van der Waals surface area contributed by atoms with Crippen molar-refractivity contribution in [1.82, 2.24) is 9.78 Å². The largest absolute Gasteiger partial charge is 0.497 e. The number of aromatic nitrogens is 2. The molecule has 0 atom stereocenters. The number of hydrogen-bond acceptors (Lipinski definition) is 4. The molecule has 0 unspecified atom stereocenters. The summed E-state index contributed by atoms with van der Waals surface area (Å²) >= 11 is 0. The van der Waals surface area contributed by atoms with Gasteiger partial charge in [0, 0.05) is 0 Å². The van der Waals surface area contributed by atoms with Crippen molar-refractivity contribution in [1.29, 1.82) is 5.26 Å². The summed E-state index contributed by atoms with van der Waals surface area (Å²) in [7, 11) is 1.64. The topological polar surface area (TPSA) is 76.9 Å². The average molecular weight is 284 g/mol. The van der Waals surface area contributed by atoms with Crippen molar-refractivity contribution in [3.63, 3.8) is 0 Å². The molecule has 5 nitrogen and oxygen atoms in total. The van der Waals surface area contributed by atoms with Crippen molar-refractivity contribution in [3.8, 4) is 11.8 Å². The molecule has 0 aliphatic heterocycles. The summed E-state index contributed by atoms with van der Waals surface area (Å²) in [6.45, 7) is 4.74. The van der Waals surface area contributed by atoms with Crippen LogP contribution in [0.1, 0.15) is 30.7 Å². The second kappa shape index (κ2) is 6.31. The lowest BCUT2D eigenvalue weighted by Crippen LogP contribution is -2.06. The van der Waals surface area contributed by atoms with Crippen molar-refractivity contribution >= 4 is 5.82 Å². The van der Waals surface area contributed by atoms with Crippen LogP contribution in [0.25, 0.3) is 0 Å². The van der Waals surface area contributed by atoms with Crippen LogP contribution in [-0.4, -0.2) is 16.9 Å². The van der Waals surface area contributed by atoms with Gasteiger partial charge >= 0.3 is 0 Å². The summed E-state index contributed by atoms with van der Waals surface area (Å²) in [5, 5.41) is 13.8. The highest BCUT2D eigenvalue weighted by Crippen LogP contribution is 2.20. The second-order valence-corrected chi connectivity index (χ2v) is 5.42. The number of anilines is 1. The Kier molecular flexibility index (Phi) is 4.49. The van der Waals surface area contributed by atoms with Crippen LogP contribution in [0.4, 0.5) is 5.82 Å². The van der Waals surface area contributed by atoms with E-state index in [1.54, 1.807) is 11.8 Å². The molecule has 0 amide bonds. The molecule has 0 spiro atoms. The molecular weight excluding hydrogens is 264 g/mol. The summed E-state index contributed by atoms with van der Waals surface area (Å²) in [5.74, 6) is 1.68. The van der Waals surface area contributed by atoms with E-state index >= 15 is 0 Å². The summed E-state index contributed by atoms with van der Waals surface area (Å²) in [5.41, 5.74) is 8.38. The van der Waals surface area contributed by atoms with Gasteiger partial charge in [0.05, 0.1) is 19.3 Å². The molecule has 0 aliphatic rings. The molecule has 1 aromatic carbocycles. The molecule has 0 saturated heterocycles. The van der Waals surface area contributed by atoms with E-state index in [1.165, 1.54) is 0 Å². The van der Waals surface area contributed by atoms with Crippen molar-refractivity contribution in [2.24, 2.45) is 5.92 Å². The highest BCUT2D eigenvalue weighted by atomic mass is 16.5. The van der Waals surface area contributed by atoms with Gasteiger partial charge in [0.1, 0.15) is 23.2 Å². The quantitative estimate of drug-likeness (QED) is 0.915. The minimum Gasteiger partial charge on any atom is -0.497 e. The number of nitrogens with two attached hydrogens (primary N) is 1. The van der Waals surface area contributed by atoms with Crippen LogP contribution >= 0.6 is 0 Å². The molecule has 110 valence electrons. The predicted molar refractivity (Wildman–Crippen MR) is 82.0 cm³/mol. The number of nitrogens with zero attached hydrogens (tertiary/aromatic N) is 3. The third kappa shape index (κ3) is 3.34. The van der Waals surface area contributed by atoms with Gasteiger partial charge in [0.15, 0.2) is 0 Å². The molecule has 0 fully saturated rings. The van der Waals surface area contributed by atoms with Crippen molar-refractivity contribution in [2.75, 3.05) is 12.8 Å². The van der Waals surface area contributed by atoms with Crippen molar-refractivity contribution in [3.05, 3.63) is 41.1 Å². The van der Waals surface area contributed by atoms with Gasteiger partial charge in [-0.15, -0.1) is 0 Å². The minimum atomic E-state index is 0.431. The van der Waals surface area contributed by atoms with Crippen LogP contribution in [0.5, 0.6) is 5.75 Å². The van der Waals surface area contributed by atoms with Gasteiger partial charge in [-0.05, 0) is 30.0 Å². The first kappa shape index (κ1) is 14.9. The summed E-state index contributed by atoms with van der Waals surface area (Å²) < 4.78 is 6.83. The number of rotatable bonds is 5. The molecule has 2 aromatic rings. The lowest BCUT2D eigenvalue weighted by Gasteiger charge is -2.05. The van der Waals surface area contributed by atoms with Crippen molar-refractivity contribution in [2.45, 2.75) is 26.8 Å². The number of hydrogen-bond donors (Lipinski definition) is 1. The first-order chi connectivity index (χ1) is 10.0. The third-order valence-corrected chi connectivity index (χ3v) is 3.27. The maximum absolute atomic E-state index is 9.26. The van der Waals surface area contributed by atoms with Gasteiger partial charge in [0.2, 0.25) is 0 Å². The molecule has 1 aromatic heterocycles. The highest BCUT2D eigenvalue weighted by molar-refractivity contribution is 5.52. The number of nitrogen functional groups attached to an aromatic ring is 1. The van der Waals surface area contributed by atoms with E-state index in [2.05, 4.69) is 25.0 Å². The van der Waals surface area contributed by atoms with Crippen LogP contribution in [0, 0.1) is 17.2 Å². The Balaban J connectivity index is 2.27. The normalized spacial score (nSPS) is 10.6. The fourth-order valence-electron chi connectivity index (χ4n) is 2.20. The molecule has 2 rings (SSSR count). The van der Waals surface area contributed by atoms with Crippen LogP contribution in [0.3, 0.4) is 0 Å². The Bertz CT molecular complexity index is 650. The Morgan fingerprint density at radius 2 is 2.00 bits per heavy atom. The van der Waals surface area contributed by atoms with E-state index in [9.17, 15) is 5.26 Å². The van der Waals surface area contributed by atoms with E-state index < -0.39 is 0 Å². The standard InChI is InChI=1S/C16H20N4O/c1-11(2)8-15-14(9-17)16(18)20(19-15)10-12-4-6-13(21-3)7-5-12/h4-7,11H,8,10,18H2,1-3H3. The Morgan fingerprint density at radius 3 is 2.52 bits per heavy atom. The Hall–Kier alpha value is -2.48. The van der Waals surface area contributed by atoms with Crippen molar-refractivity contribution < 1.29 is 4.74 Å². The van der Waals surface area contributed by atoms with E-state index in [0.29, 0.717) is 23.8 Å². The van der Waals surface area contributed by atoms with E-state index in [-0.39, 0.29) is 0 Å². The number of nitriles is 1. The fourth-order valence-corrected chi connectivity index (χ4v) is 2.20. The fraction of sp³-hybridized carbons (Fsp3) is 0.375. The minimum absolute atomic E-state index is 0.431. The Morgan fingerprint density at radius 1 is 1.33 bits per heavy atom. The predicted octanol–water partition coefficient (Wildman–Crippen LogP) is 2.59. The van der Waals surface area contributed by atoms with Gasteiger partial charge in [-0.1, -0.05) is 26.0 Å². The van der Waals surface area contributed by atoms with E-state index in [4.69, 9.17) is 10.5 Å². The summed E-state index contributed by atoms with van der Waals surface area (Å²) in [4.78, 5) is 0. The van der Waals surface area contributed by atoms with Crippen LogP contribution in [0.2, 0.25) is 0 Å². The van der Waals surface area contributed by atoms with E-state index in [1.807, 2.05) is 24.3 Å². The van der Waals surface area contributed by atoms with Gasteiger partial charge in [-0.25, -0.2) is 4.68 Å².